The third-order valence-electron chi connectivity index (χ3n) is 6.49. The molecule has 42 heavy (non-hydrogen) atoms. The number of halogens is 7. The van der Waals surface area contributed by atoms with Crippen LogP contribution in [0.2, 0.25) is 10.0 Å². The van der Waals surface area contributed by atoms with Crippen molar-refractivity contribution < 1.29 is 31.9 Å². The first-order chi connectivity index (χ1) is 19.7. The molecule has 0 aliphatic carbocycles. The summed E-state index contributed by atoms with van der Waals surface area (Å²) in [7, 11) is 0. The van der Waals surface area contributed by atoms with Gasteiger partial charge in [0.2, 0.25) is 0 Å². The Hall–Kier alpha value is -3.82. The molecule has 2 aromatic heterocycles. The van der Waals surface area contributed by atoms with E-state index in [4.69, 9.17) is 23.2 Å². The summed E-state index contributed by atoms with van der Waals surface area (Å²) in [6, 6.07) is 10.2. The summed E-state index contributed by atoms with van der Waals surface area (Å²) < 4.78 is 69.5. The first-order valence-corrected chi connectivity index (χ1v) is 13.0. The molecule has 222 valence electrons. The van der Waals surface area contributed by atoms with E-state index in [1.807, 2.05) is 0 Å². The number of likely N-dealkylation sites (tertiary alicyclic amines) is 1. The number of benzene rings is 2. The molecule has 1 aliphatic heterocycles. The van der Waals surface area contributed by atoms with Gasteiger partial charge in [0, 0.05) is 23.6 Å². The Labute approximate surface area is 243 Å². The van der Waals surface area contributed by atoms with Crippen LogP contribution in [0.4, 0.5) is 22.0 Å². The van der Waals surface area contributed by atoms with Crippen molar-refractivity contribution in [3.05, 3.63) is 80.7 Å². The second-order valence-electron chi connectivity index (χ2n) is 9.51. The first kappa shape index (κ1) is 29.7. The van der Waals surface area contributed by atoms with Crippen LogP contribution >= 0.6 is 23.2 Å². The van der Waals surface area contributed by atoms with Gasteiger partial charge in [-0.15, -0.1) is 10.2 Å². The predicted octanol–water partition coefficient (Wildman–Crippen LogP) is 4.05. The van der Waals surface area contributed by atoms with Crippen LogP contribution in [-0.4, -0.2) is 76.3 Å². The highest BCUT2D eigenvalue weighted by atomic mass is 35.5. The third kappa shape index (κ3) is 6.03. The molecule has 1 aliphatic rings. The Balaban J connectivity index is 1.48. The zero-order valence-electron chi connectivity index (χ0n) is 21.3. The summed E-state index contributed by atoms with van der Waals surface area (Å²) in [6.45, 7) is -2.42. The molecule has 1 atom stereocenters. The van der Waals surface area contributed by atoms with Gasteiger partial charge >= 0.3 is 11.9 Å². The zero-order chi connectivity index (χ0) is 30.4. The number of amides is 1. The number of para-hydroxylation sites is 1. The summed E-state index contributed by atoms with van der Waals surface area (Å²) >= 11 is 12.3. The van der Waals surface area contributed by atoms with Crippen LogP contribution in [0, 0.1) is 0 Å². The van der Waals surface area contributed by atoms with E-state index < -0.39 is 55.9 Å². The smallest absolute Gasteiger partial charge is 0.382 e. The van der Waals surface area contributed by atoms with Gasteiger partial charge in [0.25, 0.3) is 11.8 Å². The Bertz CT molecular complexity index is 1680. The lowest BCUT2D eigenvalue weighted by molar-refractivity contribution is -0.207. The van der Waals surface area contributed by atoms with Crippen LogP contribution in [-0.2, 0) is 13.1 Å². The largest absolute Gasteiger partial charge is 0.416 e. The quantitative estimate of drug-likeness (QED) is 0.308. The van der Waals surface area contributed by atoms with Crippen molar-refractivity contribution in [3.63, 3.8) is 0 Å². The number of carbonyl (C=O) groups excluding carboxylic acids is 1. The van der Waals surface area contributed by atoms with E-state index in [-0.39, 0.29) is 40.0 Å². The Morgan fingerprint density at radius 3 is 2.45 bits per heavy atom. The zero-order valence-corrected chi connectivity index (χ0v) is 22.8. The maximum Gasteiger partial charge on any atom is 0.416 e. The third-order valence-corrected chi connectivity index (χ3v) is 7.05. The molecule has 1 saturated heterocycles. The summed E-state index contributed by atoms with van der Waals surface area (Å²) in [4.78, 5) is 31.3. The van der Waals surface area contributed by atoms with Crippen LogP contribution < -0.4 is 5.69 Å². The minimum atomic E-state index is -4.99. The topological polar surface area (TPSA) is 111 Å². The van der Waals surface area contributed by atoms with Crippen molar-refractivity contribution >= 4 is 29.1 Å². The maximum atomic E-state index is 13.7. The molecular formula is C25H20Cl2F5N7O3. The predicted molar refractivity (Wildman–Crippen MR) is 140 cm³/mol. The average molecular weight is 632 g/mol. The van der Waals surface area contributed by atoms with Crippen molar-refractivity contribution in [1.82, 2.24) is 34.0 Å². The van der Waals surface area contributed by atoms with Gasteiger partial charge in [0.05, 0.1) is 29.4 Å². The van der Waals surface area contributed by atoms with Crippen molar-refractivity contribution in [2.75, 3.05) is 13.1 Å². The van der Waals surface area contributed by atoms with Gasteiger partial charge in [-0.05, 0) is 36.4 Å². The van der Waals surface area contributed by atoms with Gasteiger partial charge in [-0.1, -0.05) is 29.3 Å². The van der Waals surface area contributed by atoms with E-state index in [0.29, 0.717) is 9.59 Å². The molecule has 0 bridgehead atoms. The molecule has 1 fully saturated rings. The Morgan fingerprint density at radius 2 is 1.81 bits per heavy atom. The molecule has 0 saturated carbocycles. The van der Waals surface area contributed by atoms with Crippen LogP contribution in [0.3, 0.4) is 0 Å². The van der Waals surface area contributed by atoms with Gasteiger partial charge in [0.15, 0.2) is 17.8 Å². The van der Waals surface area contributed by atoms with Gasteiger partial charge in [-0.2, -0.15) is 13.2 Å². The van der Waals surface area contributed by atoms with Crippen LogP contribution in [0.25, 0.3) is 17.1 Å². The van der Waals surface area contributed by atoms with Crippen molar-refractivity contribution in [3.8, 4) is 17.1 Å². The summed E-state index contributed by atoms with van der Waals surface area (Å²) in [5.41, 5.74) is -0.673. The van der Waals surface area contributed by atoms with Crippen molar-refractivity contribution in [2.45, 2.75) is 37.7 Å². The highest BCUT2D eigenvalue weighted by Crippen LogP contribution is 2.31. The summed E-state index contributed by atoms with van der Waals surface area (Å²) in [5, 5.41) is 18.5. The minimum absolute atomic E-state index is 0.00995. The van der Waals surface area contributed by atoms with Gasteiger partial charge < -0.3 is 10.0 Å². The maximum absolute atomic E-state index is 13.7. The number of aliphatic hydroxyl groups excluding tert-OH is 1. The number of carbonyl (C=O) groups is 1. The Kier molecular flexibility index (Phi) is 7.85. The number of hydrogen-bond acceptors (Lipinski definition) is 6. The van der Waals surface area contributed by atoms with Crippen LogP contribution in [0.5, 0.6) is 0 Å². The lowest BCUT2D eigenvalue weighted by Gasteiger charge is -2.18. The molecule has 4 aromatic rings. The van der Waals surface area contributed by atoms with Crippen molar-refractivity contribution in [1.29, 1.82) is 0 Å². The highest BCUT2D eigenvalue weighted by molar-refractivity contribution is 6.33. The average Bonchev–Trinajstić information content (AvgIpc) is 3.62. The molecule has 3 heterocycles. The normalized spacial score (nSPS) is 15.8. The van der Waals surface area contributed by atoms with Gasteiger partial charge in [-0.3, -0.25) is 9.36 Å². The molecule has 1 amide bonds. The fourth-order valence-electron chi connectivity index (χ4n) is 4.41. The molecule has 0 radical (unpaired) electrons. The molecule has 17 heteroatoms. The van der Waals surface area contributed by atoms with E-state index in [9.17, 15) is 36.6 Å². The molecule has 10 nitrogen and oxygen atoms in total. The number of rotatable bonds is 7. The van der Waals surface area contributed by atoms with E-state index >= 15 is 0 Å². The number of aliphatic hydroxyl groups is 1. The second kappa shape index (κ2) is 11.1. The van der Waals surface area contributed by atoms with E-state index in [1.54, 1.807) is 0 Å². The fourth-order valence-corrected chi connectivity index (χ4v) is 4.80. The van der Waals surface area contributed by atoms with Crippen LogP contribution in [0.15, 0.2) is 53.6 Å². The van der Waals surface area contributed by atoms with Crippen molar-refractivity contribution in [2.24, 2.45) is 0 Å². The number of alkyl halides is 5. The lowest BCUT2D eigenvalue weighted by atomic mass is 10.1. The molecule has 5 rings (SSSR count). The fraction of sp³-hybridized carbons (Fsp3) is 0.320. The highest BCUT2D eigenvalue weighted by Gasteiger charge is 2.41. The molecule has 0 unspecified atom stereocenters. The van der Waals surface area contributed by atoms with Gasteiger partial charge in [-0.25, -0.2) is 27.9 Å². The Morgan fingerprint density at radius 1 is 1.10 bits per heavy atom. The second-order valence-corrected chi connectivity index (χ2v) is 10.4. The first-order valence-electron chi connectivity index (χ1n) is 12.3. The standard InChI is InChI=1S/C25H20Cl2F5N7O3/c26-15-6-4-14(5-7-15)21-35-38(23(42)37(21)10-18(40)25(30,31)32)11-19-33-13-39(34-19)20-16(2-1-3-17(20)27)22(41)36-9-8-24(28,29)12-36/h1-7,13,18,40H,8-12H2/t18-/m1/s1. The molecular weight excluding hydrogens is 612 g/mol. The van der Waals surface area contributed by atoms with Crippen LogP contribution in [0.1, 0.15) is 22.6 Å². The number of nitrogens with zero attached hydrogens (tertiary/aromatic N) is 7. The van der Waals surface area contributed by atoms with E-state index in [1.165, 1.54) is 48.8 Å². The minimum Gasteiger partial charge on any atom is -0.382 e. The lowest BCUT2D eigenvalue weighted by Crippen LogP contribution is -2.37. The van der Waals surface area contributed by atoms with E-state index in [2.05, 4.69) is 15.2 Å². The van der Waals surface area contributed by atoms with E-state index in [0.717, 1.165) is 14.3 Å². The monoisotopic (exact) mass is 631 g/mol. The number of hydrogen-bond donors (Lipinski definition) is 1. The summed E-state index contributed by atoms with van der Waals surface area (Å²) in [6.07, 6.45) is -7.13. The number of aromatic nitrogens is 6. The molecule has 2 aromatic carbocycles. The molecule has 0 spiro atoms. The summed E-state index contributed by atoms with van der Waals surface area (Å²) in [5.74, 6) is -3.90. The SMILES string of the molecule is O=C(c1cccc(Cl)c1-n1cnc(Cn2nc(-c3ccc(Cl)cc3)n(C[C@@H](O)C(F)(F)F)c2=O)n1)N1CCC(F)(F)C1. The molecule has 1 N–H and O–H groups in total. The van der Waals surface area contributed by atoms with Gasteiger partial charge in [0.1, 0.15) is 12.9 Å².